The number of aryl methyl sites for hydroxylation is 1. The van der Waals surface area contributed by atoms with Crippen molar-refractivity contribution < 1.29 is 4.79 Å². The number of carbonyl (C=O) groups is 1. The van der Waals surface area contributed by atoms with E-state index in [0.29, 0.717) is 11.4 Å². The lowest BCUT2D eigenvalue weighted by atomic mass is 10.2. The summed E-state index contributed by atoms with van der Waals surface area (Å²) in [5, 5.41) is 6.88. The zero-order valence-corrected chi connectivity index (χ0v) is 13.0. The lowest BCUT2D eigenvalue weighted by Crippen LogP contribution is -2.15. The molecule has 118 valence electrons. The van der Waals surface area contributed by atoms with Crippen LogP contribution in [-0.2, 0) is 7.05 Å². The monoisotopic (exact) mass is 317 g/mol. The number of nitrogens with zero attached hydrogens (tertiary/aromatic N) is 3. The van der Waals surface area contributed by atoms with Gasteiger partial charge in [0.05, 0.1) is 11.0 Å². The molecule has 0 unspecified atom stereocenters. The Morgan fingerprint density at radius 3 is 2.71 bits per heavy atom. The summed E-state index contributed by atoms with van der Waals surface area (Å²) in [6.45, 7) is 0. The molecular weight excluding hydrogens is 302 g/mol. The molecular formula is C18H15N5O. The molecule has 0 atom stereocenters. The highest BCUT2D eigenvalue weighted by molar-refractivity contribution is 6.03. The number of nitrogens with one attached hydrogen (secondary N) is 2. The molecule has 24 heavy (non-hydrogen) atoms. The maximum Gasteiger partial charge on any atom is 0.273 e. The van der Waals surface area contributed by atoms with Gasteiger partial charge >= 0.3 is 0 Å². The Morgan fingerprint density at radius 2 is 1.96 bits per heavy atom. The van der Waals surface area contributed by atoms with Crippen molar-refractivity contribution in [1.29, 1.82) is 0 Å². The summed E-state index contributed by atoms with van der Waals surface area (Å²) in [5.74, 6) is 0.609. The topological polar surface area (TPSA) is 75.6 Å². The van der Waals surface area contributed by atoms with Crippen LogP contribution >= 0.6 is 0 Å². The van der Waals surface area contributed by atoms with Gasteiger partial charge in [0, 0.05) is 24.5 Å². The molecule has 4 rings (SSSR count). The molecule has 0 radical (unpaired) electrons. The van der Waals surface area contributed by atoms with Crippen LogP contribution in [0, 0.1) is 0 Å². The van der Waals surface area contributed by atoms with E-state index in [-0.39, 0.29) is 5.91 Å². The van der Waals surface area contributed by atoms with Crippen molar-refractivity contribution in [3.05, 3.63) is 66.5 Å². The molecule has 2 aromatic carbocycles. The van der Waals surface area contributed by atoms with Gasteiger partial charge in [-0.25, -0.2) is 4.98 Å². The average molecular weight is 317 g/mol. The third-order valence-electron chi connectivity index (χ3n) is 3.84. The Kier molecular flexibility index (Phi) is 3.35. The van der Waals surface area contributed by atoms with Crippen LogP contribution < -0.4 is 5.32 Å². The highest BCUT2D eigenvalue weighted by atomic mass is 16.2. The van der Waals surface area contributed by atoms with Gasteiger partial charge in [0.25, 0.3) is 5.91 Å². The lowest BCUT2D eigenvalue weighted by molar-refractivity contribution is 0.101. The van der Waals surface area contributed by atoms with E-state index >= 15 is 0 Å². The summed E-state index contributed by atoms with van der Waals surface area (Å²) in [6.07, 6.45) is 1.60. The molecule has 2 aromatic heterocycles. The van der Waals surface area contributed by atoms with E-state index < -0.39 is 0 Å². The molecule has 0 fully saturated rings. The maximum absolute atomic E-state index is 12.3. The molecule has 2 heterocycles. The number of hydrogen-bond donors (Lipinski definition) is 2. The normalized spacial score (nSPS) is 10.9. The van der Waals surface area contributed by atoms with E-state index in [0.717, 1.165) is 22.4 Å². The number of hydrogen-bond acceptors (Lipinski definition) is 3. The van der Waals surface area contributed by atoms with Gasteiger partial charge in [0.2, 0.25) is 0 Å². The number of benzene rings is 2. The van der Waals surface area contributed by atoms with Crippen LogP contribution in [0.4, 0.5) is 5.69 Å². The van der Waals surface area contributed by atoms with E-state index in [2.05, 4.69) is 20.4 Å². The Balaban J connectivity index is 1.64. The molecule has 0 aliphatic rings. The third kappa shape index (κ3) is 2.54. The quantitative estimate of drug-likeness (QED) is 0.609. The van der Waals surface area contributed by atoms with E-state index in [9.17, 15) is 4.79 Å². The van der Waals surface area contributed by atoms with E-state index in [1.165, 1.54) is 4.68 Å². The van der Waals surface area contributed by atoms with Crippen LogP contribution in [0.15, 0.2) is 60.8 Å². The summed E-state index contributed by atoms with van der Waals surface area (Å²) in [6, 6.07) is 17.2. The second-order valence-electron chi connectivity index (χ2n) is 5.48. The van der Waals surface area contributed by atoms with Crippen LogP contribution in [0.5, 0.6) is 0 Å². The fourth-order valence-electron chi connectivity index (χ4n) is 2.61. The molecule has 4 aromatic rings. The second-order valence-corrected chi connectivity index (χ2v) is 5.48. The molecule has 0 aliphatic heterocycles. The molecule has 0 saturated heterocycles. The first-order chi connectivity index (χ1) is 11.7. The minimum Gasteiger partial charge on any atom is -0.338 e. The van der Waals surface area contributed by atoms with Crippen LogP contribution in [-0.4, -0.2) is 25.7 Å². The summed E-state index contributed by atoms with van der Waals surface area (Å²) >= 11 is 0. The van der Waals surface area contributed by atoms with Gasteiger partial charge in [-0.1, -0.05) is 30.3 Å². The fraction of sp³-hybridized carbons (Fsp3) is 0.0556. The van der Waals surface area contributed by atoms with Crippen LogP contribution in [0.2, 0.25) is 0 Å². The van der Waals surface area contributed by atoms with Crippen molar-refractivity contribution in [3.8, 4) is 11.4 Å². The van der Waals surface area contributed by atoms with E-state index in [1.54, 1.807) is 19.3 Å². The van der Waals surface area contributed by atoms with Crippen molar-refractivity contribution in [2.45, 2.75) is 0 Å². The maximum atomic E-state index is 12.3. The molecule has 1 amide bonds. The van der Waals surface area contributed by atoms with Crippen molar-refractivity contribution in [3.63, 3.8) is 0 Å². The molecule has 0 saturated carbocycles. The van der Waals surface area contributed by atoms with E-state index in [1.807, 2.05) is 48.5 Å². The van der Waals surface area contributed by atoms with Crippen molar-refractivity contribution in [2.75, 3.05) is 5.32 Å². The molecule has 0 spiro atoms. The first-order valence-corrected chi connectivity index (χ1v) is 7.55. The van der Waals surface area contributed by atoms with Gasteiger partial charge in [-0.15, -0.1) is 0 Å². The first kappa shape index (κ1) is 14.2. The molecule has 0 aliphatic carbocycles. The number of H-pyrrole nitrogens is 1. The SMILES string of the molecule is Cn1nccc1C(=O)Nc1ccc2nc(-c3ccccc3)[nH]c2c1. The zero-order valence-electron chi connectivity index (χ0n) is 13.0. The summed E-state index contributed by atoms with van der Waals surface area (Å²) in [7, 11) is 1.74. The number of rotatable bonds is 3. The van der Waals surface area contributed by atoms with E-state index in [4.69, 9.17) is 0 Å². The number of aromatic amines is 1. The van der Waals surface area contributed by atoms with Gasteiger partial charge in [-0.3, -0.25) is 9.48 Å². The largest absolute Gasteiger partial charge is 0.338 e. The van der Waals surface area contributed by atoms with Gasteiger partial charge < -0.3 is 10.3 Å². The van der Waals surface area contributed by atoms with Gasteiger partial charge in [0.15, 0.2) is 0 Å². The second kappa shape index (κ2) is 5.66. The number of anilines is 1. The number of amides is 1. The predicted molar refractivity (Wildman–Crippen MR) is 92.7 cm³/mol. The van der Waals surface area contributed by atoms with Gasteiger partial charge in [-0.05, 0) is 24.3 Å². The Labute approximate surface area is 138 Å². The highest BCUT2D eigenvalue weighted by Crippen LogP contribution is 2.23. The van der Waals surface area contributed by atoms with Gasteiger partial charge in [-0.2, -0.15) is 5.10 Å². The minimum atomic E-state index is -0.197. The zero-order chi connectivity index (χ0) is 16.5. The number of carbonyl (C=O) groups excluding carboxylic acids is 1. The molecule has 6 heteroatoms. The average Bonchev–Trinajstić information content (AvgIpc) is 3.21. The highest BCUT2D eigenvalue weighted by Gasteiger charge is 2.11. The molecule has 2 N–H and O–H groups in total. The predicted octanol–water partition coefficient (Wildman–Crippen LogP) is 3.22. The third-order valence-corrected chi connectivity index (χ3v) is 3.84. The van der Waals surface area contributed by atoms with Crippen LogP contribution in [0.3, 0.4) is 0 Å². The van der Waals surface area contributed by atoms with Crippen molar-refractivity contribution >= 4 is 22.6 Å². The summed E-state index contributed by atoms with van der Waals surface area (Å²) < 4.78 is 1.54. The Hall–Kier alpha value is -3.41. The van der Waals surface area contributed by atoms with Crippen LogP contribution in [0.1, 0.15) is 10.5 Å². The lowest BCUT2D eigenvalue weighted by Gasteiger charge is -2.05. The molecule has 6 nitrogen and oxygen atoms in total. The summed E-state index contributed by atoms with van der Waals surface area (Å²) in [5.41, 5.74) is 3.96. The van der Waals surface area contributed by atoms with Crippen molar-refractivity contribution in [1.82, 2.24) is 19.7 Å². The Morgan fingerprint density at radius 1 is 1.12 bits per heavy atom. The molecule has 0 bridgehead atoms. The van der Waals surface area contributed by atoms with Crippen molar-refractivity contribution in [2.24, 2.45) is 7.05 Å². The van der Waals surface area contributed by atoms with Crippen LogP contribution in [0.25, 0.3) is 22.4 Å². The minimum absolute atomic E-state index is 0.197. The fourth-order valence-corrected chi connectivity index (χ4v) is 2.61. The Bertz CT molecular complexity index is 1020. The standard InChI is InChI=1S/C18H15N5O/c1-23-16(9-10-19-23)18(24)20-13-7-8-14-15(11-13)22-17(21-14)12-5-3-2-4-6-12/h2-11H,1H3,(H,20,24)(H,21,22). The number of fused-ring (bicyclic) bond motifs is 1. The smallest absolute Gasteiger partial charge is 0.273 e. The van der Waals surface area contributed by atoms with Gasteiger partial charge in [0.1, 0.15) is 11.5 Å². The first-order valence-electron chi connectivity index (χ1n) is 7.55. The summed E-state index contributed by atoms with van der Waals surface area (Å²) in [4.78, 5) is 20.1. The number of imidazole rings is 1. The number of aromatic nitrogens is 4.